The molecule has 1 atom stereocenters. The van der Waals surface area contributed by atoms with Crippen LogP contribution in [-0.4, -0.2) is 29.2 Å². The van der Waals surface area contributed by atoms with Gasteiger partial charge < -0.3 is 15.7 Å². The number of amides is 1. The Kier molecular flexibility index (Phi) is 11.0. The third kappa shape index (κ3) is 8.90. The Bertz CT molecular complexity index is 1490. The molecule has 42 heavy (non-hydrogen) atoms. The lowest BCUT2D eigenvalue weighted by Gasteiger charge is -2.19. The molecule has 0 bridgehead atoms. The maximum Gasteiger partial charge on any atom is 0.335 e. The van der Waals surface area contributed by atoms with Crippen LogP contribution in [0.25, 0.3) is 0 Å². The summed E-state index contributed by atoms with van der Waals surface area (Å²) < 4.78 is 0. The molecule has 1 unspecified atom stereocenters. The van der Waals surface area contributed by atoms with E-state index in [1.165, 1.54) is 11.1 Å². The number of hydrogen-bond donors (Lipinski definition) is 3. The van der Waals surface area contributed by atoms with Crippen LogP contribution in [0.5, 0.6) is 0 Å². The number of carboxylic acids is 1. The molecule has 3 aromatic carbocycles. The second kappa shape index (κ2) is 15.3. The smallest absolute Gasteiger partial charge is 0.335 e. The quantitative estimate of drug-likeness (QED) is 0.182. The van der Waals surface area contributed by atoms with Crippen LogP contribution >= 0.6 is 0 Å². The summed E-state index contributed by atoms with van der Waals surface area (Å²) in [5.74, 6) is -1.16. The molecule has 0 aromatic heterocycles. The first-order valence-corrected chi connectivity index (χ1v) is 14.6. The van der Waals surface area contributed by atoms with Crippen molar-refractivity contribution in [3.63, 3.8) is 0 Å². The normalized spacial score (nSPS) is 13.7. The first-order chi connectivity index (χ1) is 20.4. The lowest BCUT2D eigenvalue weighted by atomic mass is 10.0. The lowest BCUT2D eigenvalue weighted by molar-refractivity contribution is -0.112. The second-order valence-corrected chi connectivity index (χ2v) is 10.5. The predicted molar refractivity (Wildman–Crippen MR) is 173 cm³/mol. The van der Waals surface area contributed by atoms with Crippen molar-refractivity contribution in [2.75, 3.05) is 10.6 Å². The Hall–Kier alpha value is -4.71. The van der Waals surface area contributed by atoms with Gasteiger partial charge in [-0.25, -0.2) is 4.79 Å². The minimum atomic E-state index is -0.989. The number of benzene rings is 3. The van der Waals surface area contributed by atoms with Crippen molar-refractivity contribution in [1.29, 1.82) is 0 Å². The summed E-state index contributed by atoms with van der Waals surface area (Å²) in [5.41, 5.74) is 6.23. The highest BCUT2D eigenvalue weighted by Crippen LogP contribution is 2.29. The third-order valence-corrected chi connectivity index (χ3v) is 7.24. The summed E-state index contributed by atoms with van der Waals surface area (Å²) in [6.45, 7) is 4.32. The van der Waals surface area contributed by atoms with Crippen LogP contribution in [0.2, 0.25) is 0 Å². The molecule has 0 saturated carbocycles. The average molecular weight is 562 g/mol. The fourth-order valence-electron chi connectivity index (χ4n) is 4.74. The number of allylic oxidation sites excluding steroid dienone is 4. The molecular formula is C36H39N3O3. The summed E-state index contributed by atoms with van der Waals surface area (Å²) in [5, 5.41) is 16.1. The molecule has 3 aromatic rings. The van der Waals surface area contributed by atoms with Gasteiger partial charge in [0.05, 0.1) is 16.9 Å². The van der Waals surface area contributed by atoms with E-state index in [1.54, 1.807) is 30.5 Å². The fraction of sp³-hybridized carbons (Fsp3) is 0.250. The highest BCUT2D eigenvalue weighted by atomic mass is 16.4. The van der Waals surface area contributed by atoms with E-state index >= 15 is 0 Å². The first-order valence-electron chi connectivity index (χ1n) is 14.6. The fourth-order valence-corrected chi connectivity index (χ4v) is 4.74. The summed E-state index contributed by atoms with van der Waals surface area (Å²) >= 11 is 0. The molecule has 3 N–H and O–H groups in total. The number of aliphatic imine (C=N–C) groups is 1. The zero-order valence-corrected chi connectivity index (χ0v) is 24.3. The number of anilines is 2. The van der Waals surface area contributed by atoms with E-state index < -0.39 is 5.97 Å². The number of nitrogens with zero attached hydrogens (tertiary/aromatic N) is 1. The Morgan fingerprint density at radius 2 is 1.76 bits per heavy atom. The summed E-state index contributed by atoms with van der Waals surface area (Å²) in [4.78, 5) is 29.3. The monoisotopic (exact) mass is 561 g/mol. The maximum atomic E-state index is 13.0. The topological polar surface area (TPSA) is 90.8 Å². The predicted octanol–water partition coefficient (Wildman–Crippen LogP) is 8.51. The van der Waals surface area contributed by atoms with Gasteiger partial charge in [0.1, 0.15) is 0 Å². The molecule has 0 saturated heterocycles. The first kappa shape index (κ1) is 30.3. The van der Waals surface area contributed by atoms with E-state index in [0.29, 0.717) is 23.7 Å². The molecule has 0 aliphatic heterocycles. The van der Waals surface area contributed by atoms with E-state index in [-0.39, 0.29) is 11.5 Å². The highest BCUT2D eigenvalue weighted by molar-refractivity contribution is 6.06. The van der Waals surface area contributed by atoms with Crippen molar-refractivity contribution in [2.24, 2.45) is 4.99 Å². The summed E-state index contributed by atoms with van der Waals surface area (Å²) in [6, 6.07) is 23.5. The van der Waals surface area contributed by atoms with Gasteiger partial charge in [-0.05, 0) is 78.8 Å². The molecule has 0 fully saturated rings. The van der Waals surface area contributed by atoms with Crippen molar-refractivity contribution < 1.29 is 14.7 Å². The van der Waals surface area contributed by atoms with Gasteiger partial charge in [0, 0.05) is 23.5 Å². The Morgan fingerprint density at radius 1 is 1.00 bits per heavy atom. The number of unbranched alkanes of at least 4 members (excludes halogenated alkanes) is 1. The number of carbonyl (C=O) groups is 2. The molecule has 216 valence electrons. The van der Waals surface area contributed by atoms with Crippen molar-refractivity contribution in [3.8, 4) is 0 Å². The standard InChI is InChI=1S/C36H39N3O3/c1-3-5-14-31(4-2)38-33-22-19-30(36(41)42)24-34(33)37-25-28-12-9-13-29(18-15-28)35(40)39-32-20-16-27(17-21-32)23-26-10-7-6-8-11-26/h6-13,16-22,24-25,31,38H,3-5,14-15,23H2,1-2H3,(H,39,40)(H,41,42). The molecule has 4 rings (SSSR count). The molecule has 1 amide bonds. The zero-order valence-electron chi connectivity index (χ0n) is 24.3. The van der Waals surface area contributed by atoms with Crippen molar-refractivity contribution in [1.82, 2.24) is 0 Å². The van der Waals surface area contributed by atoms with Crippen LogP contribution in [0.4, 0.5) is 17.1 Å². The van der Waals surface area contributed by atoms with Gasteiger partial charge in [-0.15, -0.1) is 0 Å². The molecule has 1 aliphatic rings. The number of nitrogens with one attached hydrogen (secondary N) is 2. The van der Waals surface area contributed by atoms with E-state index in [1.807, 2.05) is 60.7 Å². The van der Waals surface area contributed by atoms with Gasteiger partial charge in [-0.3, -0.25) is 9.79 Å². The summed E-state index contributed by atoms with van der Waals surface area (Å²) in [6.07, 6.45) is 14.8. The van der Waals surface area contributed by atoms with Gasteiger partial charge in [0.2, 0.25) is 0 Å². The Balaban J connectivity index is 1.40. The molecule has 6 nitrogen and oxygen atoms in total. The molecule has 0 radical (unpaired) electrons. The van der Waals surface area contributed by atoms with Crippen LogP contribution in [-0.2, 0) is 11.2 Å². The maximum absolute atomic E-state index is 13.0. The molecule has 0 heterocycles. The molecular weight excluding hydrogens is 522 g/mol. The van der Waals surface area contributed by atoms with Crippen LogP contribution in [0.3, 0.4) is 0 Å². The van der Waals surface area contributed by atoms with Gasteiger partial charge in [-0.1, -0.05) is 87.4 Å². The van der Waals surface area contributed by atoms with Crippen molar-refractivity contribution in [3.05, 3.63) is 125 Å². The zero-order chi connectivity index (χ0) is 29.7. The third-order valence-electron chi connectivity index (χ3n) is 7.24. The average Bonchev–Trinajstić information content (AvgIpc) is 3.26. The molecule has 1 aliphatic carbocycles. The van der Waals surface area contributed by atoms with Gasteiger partial charge in [0.15, 0.2) is 0 Å². The van der Waals surface area contributed by atoms with Crippen LogP contribution in [0.1, 0.15) is 67.4 Å². The van der Waals surface area contributed by atoms with Crippen molar-refractivity contribution >= 4 is 35.2 Å². The lowest BCUT2D eigenvalue weighted by Crippen LogP contribution is -2.18. The number of rotatable bonds is 13. The number of hydrogen-bond acceptors (Lipinski definition) is 4. The Morgan fingerprint density at radius 3 is 2.48 bits per heavy atom. The summed E-state index contributed by atoms with van der Waals surface area (Å²) in [7, 11) is 0. The number of carboxylic acid groups (broad SMARTS) is 1. The van der Waals surface area contributed by atoms with Crippen LogP contribution in [0.15, 0.2) is 113 Å². The van der Waals surface area contributed by atoms with Crippen LogP contribution in [0, 0.1) is 0 Å². The van der Waals surface area contributed by atoms with Crippen LogP contribution < -0.4 is 10.6 Å². The van der Waals surface area contributed by atoms with E-state index in [4.69, 9.17) is 0 Å². The van der Waals surface area contributed by atoms with Gasteiger partial charge in [0.25, 0.3) is 5.91 Å². The number of carbonyl (C=O) groups excluding carboxylic acids is 1. The SMILES string of the molecule is CCCCC(CC)Nc1ccc(C(=O)O)cc1N=CC1=CC=CC(C(=O)Nc2ccc(Cc3ccccc3)cc2)=CC1. The largest absolute Gasteiger partial charge is 0.478 e. The second-order valence-electron chi connectivity index (χ2n) is 10.5. The van der Waals surface area contributed by atoms with Gasteiger partial charge in [-0.2, -0.15) is 0 Å². The Labute approximate surface area is 248 Å². The van der Waals surface area contributed by atoms with E-state index in [9.17, 15) is 14.7 Å². The highest BCUT2D eigenvalue weighted by Gasteiger charge is 2.13. The molecule has 0 spiro atoms. The van der Waals surface area contributed by atoms with Gasteiger partial charge >= 0.3 is 5.97 Å². The number of aromatic carboxylic acids is 1. The minimum Gasteiger partial charge on any atom is -0.478 e. The minimum absolute atomic E-state index is 0.174. The molecule has 6 heteroatoms. The van der Waals surface area contributed by atoms with E-state index in [0.717, 1.165) is 49.1 Å². The van der Waals surface area contributed by atoms with Crippen molar-refractivity contribution in [2.45, 2.75) is 58.4 Å². The van der Waals surface area contributed by atoms with E-state index in [2.05, 4.69) is 41.6 Å².